The normalized spacial score (nSPS) is 10.9. The molecule has 2 aromatic heterocycles. The lowest BCUT2D eigenvalue weighted by Gasteiger charge is -2.09. The van der Waals surface area contributed by atoms with E-state index in [1.54, 1.807) is 36.7 Å². The molecule has 0 aliphatic heterocycles. The lowest BCUT2D eigenvalue weighted by Crippen LogP contribution is -2.20. The Labute approximate surface area is 166 Å². The number of aromatic nitrogens is 1. The minimum Gasteiger partial charge on any atom is -0.492 e. The number of hydrogen-bond acceptors (Lipinski definition) is 5. The maximum atomic E-state index is 13.4. The molecule has 0 fully saturated rings. The van der Waals surface area contributed by atoms with Gasteiger partial charge in [0.05, 0.1) is 0 Å². The van der Waals surface area contributed by atoms with Crippen LogP contribution in [0, 0.1) is 5.82 Å². The van der Waals surface area contributed by atoms with Gasteiger partial charge < -0.3 is 14.5 Å². The van der Waals surface area contributed by atoms with Crippen molar-refractivity contribution in [3.05, 3.63) is 94.9 Å². The topological polar surface area (TPSA) is 64.4 Å². The summed E-state index contributed by atoms with van der Waals surface area (Å²) in [6, 6.07) is 16.9. The smallest absolute Gasteiger partial charge is 0.336 e. The maximum Gasteiger partial charge on any atom is 0.336 e. The number of nitrogens with one attached hydrogen (secondary N) is 1. The number of benzene rings is 2. The van der Waals surface area contributed by atoms with E-state index in [1.165, 1.54) is 18.2 Å². The van der Waals surface area contributed by atoms with Crippen LogP contribution < -0.4 is 15.7 Å². The Bertz CT molecular complexity index is 1190. The molecule has 5 nitrogen and oxygen atoms in total. The zero-order valence-electron chi connectivity index (χ0n) is 15.6. The maximum absolute atomic E-state index is 13.4. The van der Waals surface area contributed by atoms with Crippen molar-refractivity contribution in [3.8, 4) is 16.9 Å². The van der Waals surface area contributed by atoms with Crippen LogP contribution in [-0.2, 0) is 6.54 Å². The monoisotopic (exact) mass is 390 g/mol. The molecule has 4 rings (SSSR count). The molecule has 0 radical (unpaired) electrons. The molecule has 0 amide bonds. The third-order valence-electron chi connectivity index (χ3n) is 4.42. The summed E-state index contributed by atoms with van der Waals surface area (Å²) in [5.41, 5.74) is 2.85. The molecule has 4 aromatic rings. The predicted molar refractivity (Wildman–Crippen MR) is 109 cm³/mol. The first-order chi connectivity index (χ1) is 14.2. The molecule has 0 atom stereocenters. The molecule has 0 spiro atoms. The predicted octanol–water partition coefficient (Wildman–Crippen LogP) is 4.16. The van der Waals surface area contributed by atoms with Crippen LogP contribution in [0.5, 0.6) is 5.75 Å². The molecule has 1 N–H and O–H groups in total. The second kappa shape index (κ2) is 8.67. The summed E-state index contributed by atoms with van der Waals surface area (Å²) >= 11 is 0. The van der Waals surface area contributed by atoms with Crippen molar-refractivity contribution >= 4 is 11.0 Å². The fourth-order valence-corrected chi connectivity index (χ4v) is 3.02. The summed E-state index contributed by atoms with van der Waals surface area (Å²) in [4.78, 5) is 15.5. The SMILES string of the molecule is O=c1ccc2cc(OCCNCc3cncc(-c4cccc(F)c4)c3)ccc2o1. The molecule has 2 heterocycles. The summed E-state index contributed by atoms with van der Waals surface area (Å²) < 4.78 is 24.3. The number of pyridine rings is 1. The Hall–Kier alpha value is -3.51. The van der Waals surface area contributed by atoms with Crippen LogP contribution in [0.25, 0.3) is 22.1 Å². The van der Waals surface area contributed by atoms with Crippen LogP contribution in [0.4, 0.5) is 4.39 Å². The van der Waals surface area contributed by atoms with Crippen molar-refractivity contribution in [3.63, 3.8) is 0 Å². The molecular formula is C23H19FN2O3. The van der Waals surface area contributed by atoms with Gasteiger partial charge in [0, 0.05) is 42.5 Å². The Morgan fingerprint density at radius 3 is 2.83 bits per heavy atom. The zero-order valence-corrected chi connectivity index (χ0v) is 15.6. The quantitative estimate of drug-likeness (QED) is 0.379. The standard InChI is InChI=1S/C23H19FN2O3/c24-20-3-1-2-17(11-20)19-10-16(14-26-15-19)13-25-8-9-28-21-5-6-22-18(12-21)4-7-23(27)29-22/h1-7,10-12,14-15,25H,8-9,13H2. The van der Waals surface area contributed by atoms with Crippen LogP contribution >= 0.6 is 0 Å². The van der Waals surface area contributed by atoms with Gasteiger partial charge in [-0.25, -0.2) is 9.18 Å². The van der Waals surface area contributed by atoms with Crippen LogP contribution in [0.15, 0.2) is 82.3 Å². The fourth-order valence-electron chi connectivity index (χ4n) is 3.02. The van der Waals surface area contributed by atoms with Crippen molar-refractivity contribution < 1.29 is 13.5 Å². The molecule has 0 saturated heterocycles. The Morgan fingerprint density at radius 2 is 1.93 bits per heavy atom. The van der Waals surface area contributed by atoms with Crippen molar-refractivity contribution in [1.82, 2.24) is 10.3 Å². The number of ether oxygens (including phenoxy) is 1. The number of halogens is 1. The second-order valence-electron chi connectivity index (χ2n) is 6.57. The van der Waals surface area contributed by atoms with Crippen LogP contribution in [-0.4, -0.2) is 18.1 Å². The summed E-state index contributed by atoms with van der Waals surface area (Å²) in [6.07, 6.45) is 3.51. The highest BCUT2D eigenvalue weighted by Crippen LogP contribution is 2.21. The van der Waals surface area contributed by atoms with Gasteiger partial charge in [0.15, 0.2) is 0 Å². The molecule has 0 aliphatic carbocycles. The molecule has 0 bridgehead atoms. The fraction of sp³-hybridized carbons (Fsp3) is 0.130. The zero-order chi connectivity index (χ0) is 20.1. The molecule has 2 aromatic carbocycles. The number of rotatable bonds is 7. The van der Waals surface area contributed by atoms with Gasteiger partial charge in [0.1, 0.15) is 23.8 Å². The van der Waals surface area contributed by atoms with Gasteiger partial charge in [-0.2, -0.15) is 0 Å². The van der Waals surface area contributed by atoms with Crippen LogP contribution in [0.1, 0.15) is 5.56 Å². The van der Waals surface area contributed by atoms with Crippen LogP contribution in [0.3, 0.4) is 0 Å². The molecule has 0 unspecified atom stereocenters. The van der Waals surface area contributed by atoms with E-state index in [1.807, 2.05) is 18.2 Å². The summed E-state index contributed by atoms with van der Waals surface area (Å²) in [5, 5.41) is 4.12. The number of hydrogen-bond donors (Lipinski definition) is 1. The van der Waals surface area contributed by atoms with E-state index in [-0.39, 0.29) is 11.4 Å². The van der Waals surface area contributed by atoms with E-state index >= 15 is 0 Å². The van der Waals surface area contributed by atoms with Gasteiger partial charge in [-0.3, -0.25) is 4.98 Å². The number of fused-ring (bicyclic) bond motifs is 1. The molecule has 146 valence electrons. The molecule has 6 heteroatoms. The minimum absolute atomic E-state index is 0.265. The van der Waals surface area contributed by atoms with Gasteiger partial charge in [-0.1, -0.05) is 12.1 Å². The van der Waals surface area contributed by atoms with Gasteiger partial charge in [-0.05, 0) is 53.6 Å². The molecule has 29 heavy (non-hydrogen) atoms. The van der Waals surface area contributed by atoms with Gasteiger partial charge in [0.25, 0.3) is 0 Å². The summed E-state index contributed by atoms with van der Waals surface area (Å²) in [5.74, 6) is 0.446. The first-order valence-corrected chi connectivity index (χ1v) is 9.25. The van der Waals surface area contributed by atoms with Gasteiger partial charge >= 0.3 is 5.63 Å². The van der Waals surface area contributed by atoms with E-state index < -0.39 is 0 Å². The first-order valence-electron chi connectivity index (χ1n) is 9.25. The minimum atomic E-state index is -0.369. The molecule has 0 saturated carbocycles. The Balaban J connectivity index is 1.29. The highest BCUT2D eigenvalue weighted by Gasteiger charge is 2.03. The van der Waals surface area contributed by atoms with E-state index in [0.29, 0.717) is 31.0 Å². The van der Waals surface area contributed by atoms with Crippen molar-refractivity contribution in [2.24, 2.45) is 0 Å². The second-order valence-corrected chi connectivity index (χ2v) is 6.57. The summed E-state index contributed by atoms with van der Waals surface area (Å²) in [7, 11) is 0. The average Bonchev–Trinajstić information content (AvgIpc) is 2.74. The molecular weight excluding hydrogens is 371 g/mol. The first kappa shape index (κ1) is 18.8. The van der Waals surface area contributed by atoms with Crippen molar-refractivity contribution in [2.75, 3.05) is 13.2 Å². The van der Waals surface area contributed by atoms with Crippen molar-refractivity contribution in [1.29, 1.82) is 0 Å². The third-order valence-corrected chi connectivity index (χ3v) is 4.42. The molecule has 0 aliphatic rings. The van der Waals surface area contributed by atoms with E-state index in [9.17, 15) is 9.18 Å². The van der Waals surface area contributed by atoms with Crippen LogP contribution in [0.2, 0.25) is 0 Å². The summed E-state index contributed by atoms with van der Waals surface area (Å²) in [6.45, 7) is 1.76. The van der Waals surface area contributed by atoms with Crippen molar-refractivity contribution in [2.45, 2.75) is 6.54 Å². The Kier molecular flexibility index (Phi) is 5.63. The third kappa shape index (κ3) is 4.86. The highest BCUT2D eigenvalue weighted by atomic mass is 19.1. The highest BCUT2D eigenvalue weighted by molar-refractivity contribution is 5.77. The lowest BCUT2D eigenvalue weighted by atomic mass is 10.1. The Morgan fingerprint density at radius 1 is 1.00 bits per heavy atom. The van der Waals surface area contributed by atoms with Gasteiger partial charge in [-0.15, -0.1) is 0 Å². The average molecular weight is 390 g/mol. The lowest BCUT2D eigenvalue weighted by molar-refractivity contribution is 0.314. The van der Waals surface area contributed by atoms with E-state index in [0.717, 1.165) is 22.1 Å². The van der Waals surface area contributed by atoms with Gasteiger partial charge in [0.2, 0.25) is 0 Å². The van der Waals surface area contributed by atoms with E-state index in [4.69, 9.17) is 9.15 Å². The largest absolute Gasteiger partial charge is 0.492 e. The van der Waals surface area contributed by atoms with E-state index in [2.05, 4.69) is 10.3 Å². The number of nitrogens with zero attached hydrogens (tertiary/aromatic N) is 1.